The third-order valence-corrected chi connectivity index (χ3v) is 6.14. The first-order chi connectivity index (χ1) is 12.8. The molecule has 0 saturated carbocycles. The molecule has 2 aromatic heterocycles. The smallest absolute Gasteiger partial charge is 0.128 e. The molecule has 3 heterocycles. The number of fused-ring (bicyclic) bond motifs is 1. The lowest BCUT2D eigenvalue weighted by Crippen LogP contribution is -2.46. The van der Waals surface area contributed by atoms with Gasteiger partial charge in [0.1, 0.15) is 5.82 Å². The fourth-order valence-electron chi connectivity index (χ4n) is 3.49. The molecule has 3 aromatic rings. The summed E-state index contributed by atoms with van der Waals surface area (Å²) in [6.07, 6.45) is 5.54. The molecule has 0 spiro atoms. The van der Waals surface area contributed by atoms with Gasteiger partial charge in [0.25, 0.3) is 0 Å². The van der Waals surface area contributed by atoms with Crippen molar-refractivity contribution in [2.24, 2.45) is 0 Å². The predicted octanol–water partition coefficient (Wildman–Crippen LogP) is 4.14. The number of pyridine rings is 1. The summed E-state index contributed by atoms with van der Waals surface area (Å²) in [5.74, 6) is 1.12. The number of aromatic nitrogens is 2. The maximum atomic E-state index is 4.74. The van der Waals surface area contributed by atoms with Gasteiger partial charge < -0.3 is 4.90 Å². The summed E-state index contributed by atoms with van der Waals surface area (Å²) in [5.41, 5.74) is 2.37. The minimum atomic E-state index is 1.08. The highest BCUT2D eigenvalue weighted by atomic mass is 32.1. The number of aryl methyl sites for hydroxylation is 2. The fraction of sp³-hybridized carbons (Fsp3) is 0.429. The van der Waals surface area contributed by atoms with Crippen LogP contribution in [0.1, 0.15) is 23.4 Å². The minimum Gasteiger partial charge on any atom is -0.354 e. The first-order valence-corrected chi connectivity index (χ1v) is 10.3. The Morgan fingerprint density at radius 2 is 1.85 bits per heavy atom. The van der Waals surface area contributed by atoms with Gasteiger partial charge in [0.15, 0.2) is 0 Å². The lowest BCUT2D eigenvalue weighted by Gasteiger charge is -2.35. The van der Waals surface area contributed by atoms with Crippen LogP contribution < -0.4 is 4.90 Å². The molecule has 0 atom stereocenters. The van der Waals surface area contributed by atoms with E-state index >= 15 is 0 Å². The number of nitrogens with zero attached hydrogens (tertiary/aromatic N) is 4. The van der Waals surface area contributed by atoms with E-state index in [4.69, 9.17) is 4.98 Å². The van der Waals surface area contributed by atoms with Crippen molar-refractivity contribution in [1.82, 2.24) is 14.9 Å². The second-order valence-corrected chi connectivity index (χ2v) is 8.17. The van der Waals surface area contributed by atoms with Gasteiger partial charge >= 0.3 is 0 Å². The molecule has 5 heteroatoms. The van der Waals surface area contributed by atoms with Gasteiger partial charge in [-0.1, -0.05) is 18.2 Å². The van der Waals surface area contributed by atoms with Gasteiger partial charge in [-0.3, -0.25) is 4.90 Å². The summed E-state index contributed by atoms with van der Waals surface area (Å²) in [7, 11) is 0. The first-order valence-electron chi connectivity index (χ1n) is 9.52. The van der Waals surface area contributed by atoms with Crippen LogP contribution in [0.25, 0.3) is 10.2 Å². The zero-order valence-electron chi connectivity index (χ0n) is 15.4. The normalized spacial score (nSPS) is 15.7. The van der Waals surface area contributed by atoms with E-state index in [0.717, 1.165) is 43.9 Å². The molecule has 1 aliphatic rings. The van der Waals surface area contributed by atoms with E-state index in [2.05, 4.69) is 58.1 Å². The van der Waals surface area contributed by atoms with E-state index in [9.17, 15) is 0 Å². The fourth-order valence-corrected chi connectivity index (χ4v) is 4.50. The van der Waals surface area contributed by atoms with Crippen LogP contribution in [0.5, 0.6) is 0 Å². The highest BCUT2D eigenvalue weighted by molar-refractivity contribution is 7.18. The quantitative estimate of drug-likeness (QED) is 0.614. The Bertz CT molecular complexity index is 802. The van der Waals surface area contributed by atoms with Crippen LogP contribution in [-0.4, -0.2) is 47.6 Å². The Labute approximate surface area is 159 Å². The second kappa shape index (κ2) is 8.14. The number of anilines is 1. The summed E-state index contributed by atoms with van der Waals surface area (Å²) >= 11 is 1.84. The second-order valence-electron chi connectivity index (χ2n) is 7.05. The Balaban J connectivity index is 1.18. The van der Waals surface area contributed by atoms with Gasteiger partial charge in [-0.2, -0.15) is 0 Å². The molecule has 1 aliphatic heterocycles. The van der Waals surface area contributed by atoms with Crippen LogP contribution in [0.4, 0.5) is 5.82 Å². The summed E-state index contributed by atoms with van der Waals surface area (Å²) in [5, 5.41) is 1.28. The van der Waals surface area contributed by atoms with Crippen molar-refractivity contribution in [3.8, 4) is 0 Å². The largest absolute Gasteiger partial charge is 0.354 e. The van der Waals surface area contributed by atoms with Crippen molar-refractivity contribution >= 4 is 27.4 Å². The standard InChI is InChI=1S/C21H26N4S/c1-17-9-10-20(22-16-17)25-14-12-24(13-15-25)11-5-4-8-21-23-18-6-2-3-7-19(18)26-21/h2-3,6-7,9-10,16H,4-5,8,11-15H2,1H3. The summed E-state index contributed by atoms with van der Waals surface area (Å²) < 4.78 is 1.31. The molecule has 26 heavy (non-hydrogen) atoms. The number of para-hydroxylation sites is 1. The number of unbranched alkanes of at least 4 members (excludes halogenated alkanes) is 1. The average Bonchev–Trinajstić information content (AvgIpc) is 3.09. The van der Waals surface area contributed by atoms with E-state index < -0.39 is 0 Å². The number of thiazole rings is 1. The average molecular weight is 367 g/mol. The molecule has 0 aliphatic carbocycles. The third-order valence-electron chi connectivity index (χ3n) is 5.05. The number of benzene rings is 1. The van der Waals surface area contributed by atoms with E-state index in [1.165, 1.54) is 34.7 Å². The van der Waals surface area contributed by atoms with E-state index in [-0.39, 0.29) is 0 Å². The van der Waals surface area contributed by atoms with Crippen molar-refractivity contribution in [3.63, 3.8) is 0 Å². The molecule has 1 saturated heterocycles. The van der Waals surface area contributed by atoms with Crippen LogP contribution in [0.15, 0.2) is 42.6 Å². The van der Waals surface area contributed by atoms with Crippen LogP contribution in [0.3, 0.4) is 0 Å². The molecule has 0 radical (unpaired) electrons. The Kier molecular flexibility index (Phi) is 5.46. The molecule has 136 valence electrons. The molecule has 0 amide bonds. The molecular formula is C21H26N4S. The molecule has 4 nitrogen and oxygen atoms in total. The number of piperazine rings is 1. The highest BCUT2D eigenvalue weighted by Crippen LogP contribution is 2.23. The Morgan fingerprint density at radius 1 is 1.00 bits per heavy atom. The van der Waals surface area contributed by atoms with Gasteiger partial charge in [0.05, 0.1) is 15.2 Å². The van der Waals surface area contributed by atoms with Crippen LogP contribution in [-0.2, 0) is 6.42 Å². The van der Waals surface area contributed by atoms with E-state index in [0.29, 0.717) is 0 Å². The molecule has 0 unspecified atom stereocenters. The van der Waals surface area contributed by atoms with Gasteiger partial charge in [-0.15, -0.1) is 11.3 Å². The first kappa shape index (κ1) is 17.4. The summed E-state index contributed by atoms with van der Waals surface area (Å²) in [4.78, 5) is 14.3. The van der Waals surface area contributed by atoms with Gasteiger partial charge in [-0.05, 0) is 56.5 Å². The van der Waals surface area contributed by atoms with E-state index in [1.807, 2.05) is 17.5 Å². The van der Waals surface area contributed by atoms with Crippen LogP contribution in [0.2, 0.25) is 0 Å². The molecular weight excluding hydrogens is 340 g/mol. The van der Waals surface area contributed by atoms with Crippen molar-refractivity contribution in [2.75, 3.05) is 37.6 Å². The van der Waals surface area contributed by atoms with Crippen molar-refractivity contribution < 1.29 is 0 Å². The van der Waals surface area contributed by atoms with Crippen molar-refractivity contribution in [2.45, 2.75) is 26.2 Å². The molecule has 0 N–H and O–H groups in total. The maximum Gasteiger partial charge on any atom is 0.128 e. The maximum absolute atomic E-state index is 4.74. The highest BCUT2D eigenvalue weighted by Gasteiger charge is 2.17. The Morgan fingerprint density at radius 3 is 2.62 bits per heavy atom. The van der Waals surface area contributed by atoms with E-state index in [1.54, 1.807) is 0 Å². The number of hydrogen-bond donors (Lipinski definition) is 0. The monoisotopic (exact) mass is 366 g/mol. The Hall–Kier alpha value is -1.98. The van der Waals surface area contributed by atoms with Crippen LogP contribution >= 0.6 is 11.3 Å². The molecule has 4 rings (SSSR count). The van der Waals surface area contributed by atoms with Gasteiger partial charge in [-0.25, -0.2) is 9.97 Å². The predicted molar refractivity (Wildman–Crippen MR) is 110 cm³/mol. The SMILES string of the molecule is Cc1ccc(N2CCN(CCCCc3nc4ccccc4s3)CC2)nc1. The zero-order valence-corrected chi connectivity index (χ0v) is 16.2. The van der Waals surface area contributed by atoms with Crippen molar-refractivity contribution in [1.29, 1.82) is 0 Å². The number of rotatable bonds is 6. The molecule has 1 fully saturated rings. The zero-order chi connectivity index (χ0) is 17.8. The van der Waals surface area contributed by atoms with Gasteiger partial charge in [0.2, 0.25) is 0 Å². The summed E-state index contributed by atoms with van der Waals surface area (Å²) in [6, 6.07) is 12.7. The lowest BCUT2D eigenvalue weighted by molar-refractivity contribution is 0.252. The molecule has 1 aromatic carbocycles. The topological polar surface area (TPSA) is 32.3 Å². The lowest BCUT2D eigenvalue weighted by atomic mass is 10.2. The van der Waals surface area contributed by atoms with Crippen LogP contribution in [0, 0.1) is 6.92 Å². The third kappa shape index (κ3) is 4.22. The van der Waals surface area contributed by atoms with Gasteiger partial charge in [0, 0.05) is 32.4 Å². The summed E-state index contributed by atoms with van der Waals surface area (Å²) in [6.45, 7) is 7.71. The van der Waals surface area contributed by atoms with Crippen molar-refractivity contribution in [3.05, 3.63) is 53.2 Å². The minimum absolute atomic E-state index is 1.08. The molecule has 0 bridgehead atoms. The number of hydrogen-bond acceptors (Lipinski definition) is 5.